The molecule has 1 N–H and O–H groups in total. The molecule has 1 fully saturated rings. The van der Waals surface area contributed by atoms with Crippen molar-refractivity contribution in [2.45, 2.75) is 57.3 Å². The smallest absolute Gasteiger partial charge is 0.259 e. The van der Waals surface area contributed by atoms with Gasteiger partial charge in [0.05, 0.1) is 27.3 Å². The molecule has 0 bridgehead atoms. The standard InChI is InChI=1S/C24H29N3O4S/c1-24(2,3)15-20-21-18(14-19(16-10-11-16)26-23(21)31-27-20)22(28)25-12-7-13-32(29,30)17-8-5-4-6-9-17/h4-6,8-9,14,16H,7,10-13,15H2,1-3H3,(H,25,28). The van der Waals surface area contributed by atoms with Gasteiger partial charge in [-0.2, -0.15) is 0 Å². The van der Waals surface area contributed by atoms with E-state index in [9.17, 15) is 13.2 Å². The Morgan fingerprint density at radius 1 is 1.19 bits per heavy atom. The maximum Gasteiger partial charge on any atom is 0.259 e. The number of nitrogens with one attached hydrogen (secondary N) is 1. The second-order valence-corrected chi connectivity index (χ2v) is 11.8. The van der Waals surface area contributed by atoms with Crippen LogP contribution in [-0.4, -0.2) is 36.8 Å². The molecular formula is C24H29N3O4S. The third-order valence-electron chi connectivity index (χ3n) is 5.45. The van der Waals surface area contributed by atoms with Gasteiger partial charge in [-0.25, -0.2) is 13.4 Å². The average Bonchev–Trinajstić information content (AvgIpc) is 3.52. The third-order valence-corrected chi connectivity index (χ3v) is 7.27. The summed E-state index contributed by atoms with van der Waals surface area (Å²) in [6, 6.07) is 10.2. The van der Waals surface area contributed by atoms with E-state index in [-0.39, 0.29) is 23.6 Å². The fraction of sp³-hybridized carbons (Fsp3) is 0.458. The van der Waals surface area contributed by atoms with Crippen LogP contribution in [0.5, 0.6) is 0 Å². The number of carbonyl (C=O) groups excluding carboxylic acids is 1. The molecule has 0 radical (unpaired) electrons. The van der Waals surface area contributed by atoms with Crippen LogP contribution in [0.25, 0.3) is 11.1 Å². The molecule has 2 heterocycles. The molecule has 0 spiro atoms. The quantitative estimate of drug-likeness (QED) is 0.509. The predicted octanol–water partition coefficient (Wildman–Crippen LogP) is 4.28. The van der Waals surface area contributed by atoms with Crippen LogP contribution < -0.4 is 5.32 Å². The van der Waals surface area contributed by atoms with E-state index in [1.807, 2.05) is 6.07 Å². The molecule has 170 valence electrons. The lowest BCUT2D eigenvalue weighted by Gasteiger charge is -2.16. The molecular weight excluding hydrogens is 426 g/mol. The van der Waals surface area contributed by atoms with E-state index in [0.29, 0.717) is 40.3 Å². The van der Waals surface area contributed by atoms with E-state index >= 15 is 0 Å². The highest BCUT2D eigenvalue weighted by Crippen LogP contribution is 2.41. The Kier molecular flexibility index (Phi) is 6.07. The van der Waals surface area contributed by atoms with Crippen molar-refractivity contribution in [3.8, 4) is 0 Å². The SMILES string of the molecule is CC(C)(C)Cc1noc2nc(C3CC3)cc(C(=O)NCCCS(=O)(=O)c3ccccc3)c12. The molecule has 1 saturated carbocycles. The van der Waals surface area contributed by atoms with Crippen molar-refractivity contribution in [3.63, 3.8) is 0 Å². The van der Waals surface area contributed by atoms with E-state index < -0.39 is 9.84 Å². The first-order valence-electron chi connectivity index (χ1n) is 11.0. The highest BCUT2D eigenvalue weighted by Gasteiger charge is 2.30. The van der Waals surface area contributed by atoms with Gasteiger partial charge in [0, 0.05) is 18.2 Å². The number of rotatable bonds is 8. The molecule has 4 rings (SSSR count). The van der Waals surface area contributed by atoms with Crippen molar-refractivity contribution < 1.29 is 17.7 Å². The van der Waals surface area contributed by atoms with Crippen LogP contribution in [-0.2, 0) is 16.3 Å². The molecule has 8 heteroatoms. The molecule has 1 aliphatic rings. The van der Waals surface area contributed by atoms with Gasteiger partial charge >= 0.3 is 0 Å². The number of hydrogen-bond acceptors (Lipinski definition) is 6. The zero-order chi connectivity index (χ0) is 22.9. The summed E-state index contributed by atoms with van der Waals surface area (Å²) in [4.78, 5) is 18.0. The maximum absolute atomic E-state index is 13.1. The molecule has 0 aliphatic heterocycles. The lowest BCUT2D eigenvalue weighted by Crippen LogP contribution is -2.26. The average molecular weight is 456 g/mol. The molecule has 0 unspecified atom stereocenters. The Hall–Kier alpha value is -2.74. The lowest BCUT2D eigenvalue weighted by atomic mass is 9.89. The normalized spacial score (nSPS) is 14.6. The lowest BCUT2D eigenvalue weighted by molar-refractivity contribution is 0.0955. The van der Waals surface area contributed by atoms with E-state index in [2.05, 4.69) is 36.2 Å². The Balaban J connectivity index is 1.50. The Morgan fingerprint density at radius 2 is 1.91 bits per heavy atom. The fourth-order valence-electron chi connectivity index (χ4n) is 3.72. The second kappa shape index (κ2) is 8.65. The van der Waals surface area contributed by atoms with Gasteiger partial charge in [0.2, 0.25) is 0 Å². The van der Waals surface area contributed by atoms with Gasteiger partial charge < -0.3 is 9.84 Å². The molecule has 1 amide bonds. The minimum absolute atomic E-state index is 0.0289. The zero-order valence-corrected chi connectivity index (χ0v) is 19.5. The number of fused-ring (bicyclic) bond motifs is 1. The molecule has 0 saturated heterocycles. The van der Waals surface area contributed by atoms with Crippen molar-refractivity contribution in [2.75, 3.05) is 12.3 Å². The molecule has 7 nitrogen and oxygen atoms in total. The van der Waals surface area contributed by atoms with Gasteiger partial charge in [0.1, 0.15) is 0 Å². The zero-order valence-electron chi connectivity index (χ0n) is 18.7. The van der Waals surface area contributed by atoms with Crippen molar-refractivity contribution in [1.29, 1.82) is 0 Å². The molecule has 1 aliphatic carbocycles. The largest absolute Gasteiger partial charge is 0.352 e. The molecule has 3 aromatic rings. The van der Waals surface area contributed by atoms with Crippen LogP contribution >= 0.6 is 0 Å². The third kappa shape index (κ3) is 5.18. The summed E-state index contributed by atoms with van der Waals surface area (Å²) in [6.45, 7) is 6.57. The number of carbonyl (C=O) groups is 1. The first-order chi connectivity index (χ1) is 15.1. The van der Waals surface area contributed by atoms with Crippen LogP contribution in [0, 0.1) is 5.41 Å². The first-order valence-corrected chi connectivity index (χ1v) is 12.6. The van der Waals surface area contributed by atoms with E-state index in [4.69, 9.17) is 4.52 Å². The molecule has 1 aromatic carbocycles. The second-order valence-electron chi connectivity index (χ2n) is 9.66. The molecule has 0 atom stereocenters. The number of sulfone groups is 1. The summed E-state index contributed by atoms with van der Waals surface area (Å²) in [5.74, 6) is 0.0757. The Bertz CT molecular complexity index is 1220. The minimum atomic E-state index is -3.37. The number of hydrogen-bond donors (Lipinski definition) is 1. The van der Waals surface area contributed by atoms with Gasteiger partial charge in [-0.1, -0.05) is 44.1 Å². The van der Waals surface area contributed by atoms with E-state index in [1.165, 1.54) is 0 Å². The summed E-state index contributed by atoms with van der Waals surface area (Å²) in [7, 11) is -3.37. The summed E-state index contributed by atoms with van der Waals surface area (Å²) in [5.41, 5.74) is 2.44. The van der Waals surface area contributed by atoms with Gasteiger partial charge in [-0.15, -0.1) is 0 Å². The maximum atomic E-state index is 13.1. The number of nitrogens with zero attached hydrogens (tertiary/aromatic N) is 2. The highest BCUT2D eigenvalue weighted by molar-refractivity contribution is 7.91. The highest BCUT2D eigenvalue weighted by atomic mass is 32.2. The van der Waals surface area contributed by atoms with Crippen molar-refractivity contribution in [3.05, 3.63) is 53.3 Å². The van der Waals surface area contributed by atoms with Gasteiger partial charge in [0.15, 0.2) is 9.84 Å². The van der Waals surface area contributed by atoms with Crippen LogP contribution in [0.3, 0.4) is 0 Å². The summed E-state index contributed by atoms with van der Waals surface area (Å²) in [6.07, 6.45) is 3.09. The summed E-state index contributed by atoms with van der Waals surface area (Å²) < 4.78 is 30.4. The monoisotopic (exact) mass is 455 g/mol. The Morgan fingerprint density at radius 3 is 2.56 bits per heavy atom. The fourth-order valence-corrected chi connectivity index (χ4v) is 5.06. The number of pyridine rings is 1. The van der Waals surface area contributed by atoms with Gasteiger partial charge in [-0.3, -0.25) is 4.79 Å². The molecule has 2 aromatic heterocycles. The summed E-state index contributed by atoms with van der Waals surface area (Å²) in [5, 5.41) is 7.74. The number of benzene rings is 1. The van der Waals surface area contributed by atoms with Crippen LogP contribution in [0.4, 0.5) is 0 Å². The van der Waals surface area contributed by atoms with Crippen LogP contribution in [0.1, 0.15) is 67.7 Å². The number of aromatic nitrogens is 2. The van der Waals surface area contributed by atoms with E-state index in [0.717, 1.165) is 24.2 Å². The van der Waals surface area contributed by atoms with Crippen LogP contribution in [0.15, 0.2) is 45.8 Å². The topological polar surface area (TPSA) is 102 Å². The summed E-state index contributed by atoms with van der Waals surface area (Å²) >= 11 is 0. The van der Waals surface area contributed by atoms with Gasteiger partial charge in [-0.05, 0) is 49.3 Å². The van der Waals surface area contributed by atoms with Crippen molar-refractivity contribution >= 4 is 26.8 Å². The molecule has 32 heavy (non-hydrogen) atoms. The van der Waals surface area contributed by atoms with E-state index in [1.54, 1.807) is 30.3 Å². The Labute approximate surface area is 188 Å². The van der Waals surface area contributed by atoms with Gasteiger partial charge in [0.25, 0.3) is 11.6 Å². The van der Waals surface area contributed by atoms with Crippen LogP contribution in [0.2, 0.25) is 0 Å². The first kappa shape index (κ1) is 22.5. The predicted molar refractivity (Wildman–Crippen MR) is 122 cm³/mol. The van der Waals surface area contributed by atoms with Crippen molar-refractivity contribution in [2.24, 2.45) is 5.41 Å². The minimum Gasteiger partial charge on any atom is -0.352 e. The number of amides is 1. The van der Waals surface area contributed by atoms with Crippen molar-refractivity contribution in [1.82, 2.24) is 15.5 Å².